The van der Waals surface area contributed by atoms with Crippen LogP contribution < -0.4 is 0 Å². The third-order valence-electron chi connectivity index (χ3n) is 3.00. The Bertz CT molecular complexity index is 144. The molecule has 0 heterocycles. The van der Waals surface area contributed by atoms with Gasteiger partial charge in [-0.15, -0.1) is 0 Å². The van der Waals surface area contributed by atoms with Gasteiger partial charge in [0.15, 0.2) is 0 Å². The first-order chi connectivity index (χ1) is 7.77. The molecule has 16 heavy (non-hydrogen) atoms. The van der Waals surface area contributed by atoms with Crippen molar-refractivity contribution in [3.05, 3.63) is 12.2 Å². The van der Waals surface area contributed by atoms with Crippen LogP contribution in [0.4, 0.5) is 0 Å². The van der Waals surface area contributed by atoms with Gasteiger partial charge in [0.2, 0.25) is 0 Å². The van der Waals surface area contributed by atoms with E-state index in [4.69, 9.17) is 0 Å². The number of hydrogen-bond acceptors (Lipinski definition) is 0. The maximum atomic E-state index is 2.35. The Balaban J connectivity index is 2.99. The molecule has 0 nitrogen and oxygen atoms in total. The van der Waals surface area contributed by atoms with Crippen molar-refractivity contribution in [1.29, 1.82) is 0 Å². The van der Waals surface area contributed by atoms with Crippen molar-refractivity contribution in [3.8, 4) is 0 Å². The highest BCUT2D eigenvalue weighted by Crippen LogP contribution is 2.10. The van der Waals surface area contributed by atoms with Crippen molar-refractivity contribution < 1.29 is 0 Å². The molecule has 0 fully saturated rings. The summed E-state index contributed by atoms with van der Waals surface area (Å²) in [4.78, 5) is 0. The summed E-state index contributed by atoms with van der Waals surface area (Å²) in [5.74, 6) is 0.721. The van der Waals surface area contributed by atoms with Crippen LogP contribution in [0.15, 0.2) is 12.2 Å². The first kappa shape index (κ1) is 15.7. The third-order valence-corrected chi connectivity index (χ3v) is 3.00. The van der Waals surface area contributed by atoms with Gasteiger partial charge in [0.05, 0.1) is 0 Å². The first-order valence-corrected chi connectivity index (χ1v) is 7.44. The predicted molar refractivity (Wildman–Crippen MR) is 75.8 cm³/mol. The zero-order valence-electron chi connectivity index (χ0n) is 11.8. The summed E-state index contributed by atoms with van der Waals surface area (Å²) in [6.07, 6.45) is 18.8. The van der Waals surface area contributed by atoms with Crippen LogP contribution in [0.2, 0.25) is 0 Å². The molecule has 0 aromatic carbocycles. The van der Waals surface area contributed by atoms with Crippen LogP contribution in [0.5, 0.6) is 0 Å². The van der Waals surface area contributed by atoms with E-state index >= 15 is 0 Å². The molecule has 0 spiro atoms. The molecule has 0 bridgehead atoms. The predicted octanol–water partition coefficient (Wildman–Crippen LogP) is 6.12. The van der Waals surface area contributed by atoms with E-state index in [2.05, 4.69) is 32.9 Å². The molecule has 0 aliphatic carbocycles. The summed E-state index contributed by atoms with van der Waals surface area (Å²) in [6, 6.07) is 0. The molecule has 0 aliphatic rings. The van der Waals surface area contributed by atoms with Crippen LogP contribution >= 0.6 is 0 Å². The zero-order valence-corrected chi connectivity index (χ0v) is 11.8. The lowest BCUT2D eigenvalue weighted by molar-refractivity contribution is 0.566. The van der Waals surface area contributed by atoms with Crippen LogP contribution in [0.1, 0.15) is 85.0 Å². The summed E-state index contributed by atoms with van der Waals surface area (Å²) in [5.41, 5.74) is 0. The van der Waals surface area contributed by atoms with Crippen LogP contribution in [-0.2, 0) is 0 Å². The van der Waals surface area contributed by atoms with E-state index in [0.29, 0.717) is 0 Å². The zero-order chi connectivity index (χ0) is 12.1. The summed E-state index contributed by atoms with van der Waals surface area (Å²) in [5, 5.41) is 0. The normalized spacial score (nSPS) is 11.8. The number of allylic oxidation sites excluding steroid dienone is 2. The minimum Gasteiger partial charge on any atom is -0.0883 e. The fraction of sp³-hybridized carbons (Fsp3) is 0.875. The van der Waals surface area contributed by atoms with Gasteiger partial charge < -0.3 is 0 Å². The second kappa shape index (κ2) is 12.8. The van der Waals surface area contributed by atoms with Crippen molar-refractivity contribution in [2.75, 3.05) is 0 Å². The van der Waals surface area contributed by atoms with Crippen molar-refractivity contribution in [3.63, 3.8) is 0 Å². The molecule has 0 rings (SSSR count). The van der Waals surface area contributed by atoms with Gasteiger partial charge in [-0.2, -0.15) is 0 Å². The Hall–Kier alpha value is -0.260. The van der Waals surface area contributed by atoms with E-state index in [1.807, 2.05) is 0 Å². The summed E-state index contributed by atoms with van der Waals surface area (Å²) < 4.78 is 0. The molecule has 0 heteroatoms. The molecule has 0 aromatic rings. The molecule has 0 saturated heterocycles. The third kappa shape index (κ3) is 13.7. The van der Waals surface area contributed by atoms with Gasteiger partial charge in [-0.1, -0.05) is 84.3 Å². The van der Waals surface area contributed by atoms with Gasteiger partial charge in [-0.3, -0.25) is 0 Å². The second-order valence-electron chi connectivity index (χ2n) is 5.29. The van der Waals surface area contributed by atoms with Crippen LogP contribution in [0.3, 0.4) is 0 Å². The van der Waals surface area contributed by atoms with E-state index in [1.165, 1.54) is 64.2 Å². The van der Waals surface area contributed by atoms with E-state index in [0.717, 1.165) is 5.92 Å². The Kier molecular flexibility index (Phi) is 12.6. The minimum absolute atomic E-state index is 0.721. The van der Waals surface area contributed by atoms with Crippen molar-refractivity contribution >= 4 is 0 Å². The summed E-state index contributed by atoms with van der Waals surface area (Å²) in [6.45, 7) is 6.77. The molecule has 0 saturated carbocycles. The maximum absolute atomic E-state index is 2.35. The Labute approximate surface area is 104 Å². The van der Waals surface area contributed by atoms with Gasteiger partial charge in [-0.05, 0) is 18.8 Å². The Morgan fingerprint density at radius 3 is 1.75 bits per heavy atom. The Morgan fingerprint density at radius 2 is 1.25 bits per heavy atom. The van der Waals surface area contributed by atoms with Gasteiger partial charge in [0, 0.05) is 0 Å². The van der Waals surface area contributed by atoms with Crippen molar-refractivity contribution in [1.82, 2.24) is 0 Å². The number of unbranched alkanes of at least 4 members (excludes halogenated alkanes) is 9. The molecular weight excluding hydrogens is 192 g/mol. The van der Waals surface area contributed by atoms with Crippen LogP contribution in [0.25, 0.3) is 0 Å². The molecular formula is C16H32. The SMILES string of the molecule is CCCCCCCCCCCC=CC(C)C. The molecule has 0 aromatic heterocycles. The van der Waals surface area contributed by atoms with Gasteiger partial charge in [0.25, 0.3) is 0 Å². The highest BCUT2D eigenvalue weighted by Gasteiger charge is 1.91. The lowest BCUT2D eigenvalue weighted by atomic mass is 10.1. The molecule has 0 radical (unpaired) electrons. The maximum Gasteiger partial charge on any atom is -0.0290 e. The number of hydrogen-bond donors (Lipinski definition) is 0. The molecule has 0 aliphatic heterocycles. The standard InChI is InChI=1S/C16H32/c1-4-5-6-7-8-9-10-11-12-13-14-15-16(2)3/h14-16H,4-13H2,1-3H3. The van der Waals surface area contributed by atoms with Gasteiger partial charge in [-0.25, -0.2) is 0 Å². The number of rotatable bonds is 11. The highest BCUT2D eigenvalue weighted by atomic mass is 14.0. The minimum atomic E-state index is 0.721. The van der Waals surface area contributed by atoms with Crippen LogP contribution in [-0.4, -0.2) is 0 Å². The van der Waals surface area contributed by atoms with E-state index in [1.54, 1.807) is 0 Å². The molecule has 0 amide bonds. The summed E-state index contributed by atoms with van der Waals surface area (Å²) in [7, 11) is 0. The van der Waals surface area contributed by atoms with E-state index in [-0.39, 0.29) is 0 Å². The fourth-order valence-corrected chi connectivity index (χ4v) is 1.94. The molecule has 0 unspecified atom stereocenters. The Morgan fingerprint density at radius 1 is 0.750 bits per heavy atom. The average molecular weight is 224 g/mol. The molecule has 0 atom stereocenters. The first-order valence-electron chi connectivity index (χ1n) is 7.44. The smallest absolute Gasteiger partial charge is 0.0290 e. The second-order valence-corrected chi connectivity index (χ2v) is 5.29. The van der Waals surface area contributed by atoms with E-state index < -0.39 is 0 Å². The molecule has 96 valence electrons. The monoisotopic (exact) mass is 224 g/mol. The lowest BCUT2D eigenvalue weighted by Crippen LogP contribution is -1.81. The van der Waals surface area contributed by atoms with Gasteiger partial charge in [0.1, 0.15) is 0 Å². The van der Waals surface area contributed by atoms with Crippen LogP contribution in [0, 0.1) is 5.92 Å². The highest BCUT2D eigenvalue weighted by molar-refractivity contribution is 4.83. The van der Waals surface area contributed by atoms with Crippen molar-refractivity contribution in [2.24, 2.45) is 5.92 Å². The molecule has 0 N–H and O–H groups in total. The van der Waals surface area contributed by atoms with Crippen molar-refractivity contribution in [2.45, 2.75) is 85.0 Å². The largest absolute Gasteiger partial charge is 0.0883 e. The topological polar surface area (TPSA) is 0 Å². The van der Waals surface area contributed by atoms with E-state index in [9.17, 15) is 0 Å². The van der Waals surface area contributed by atoms with Gasteiger partial charge >= 0.3 is 0 Å². The quantitative estimate of drug-likeness (QED) is 0.293. The fourth-order valence-electron chi connectivity index (χ4n) is 1.94. The average Bonchev–Trinajstić information content (AvgIpc) is 2.25. The summed E-state index contributed by atoms with van der Waals surface area (Å²) >= 11 is 0. The lowest BCUT2D eigenvalue weighted by Gasteiger charge is -2.00.